The van der Waals surface area contributed by atoms with Gasteiger partial charge in [-0.25, -0.2) is 14.8 Å². The Balaban J connectivity index is 1.94. The first kappa shape index (κ1) is 15.7. The van der Waals surface area contributed by atoms with Gasteiger partial charge in [0.15, 0.2) is 5.82 Å². The summed E-state index contributed by atoms with van der Waals surface area (Å²) in [6.45, 7) is 0. The lowest BCUT2D eigenvalue weighted by Crippen LogP contribution is -2.21. The molecule has 6 nitrogen and oxygen atoms in total. The zero-order valence-corrected chi connectivity index (χ0v) is 12.0. The van der Waals surface area contributed by atoms with E-state index >= 15 is 0 Å². The van der Waals surface area contributed by atoms with Crippen molar-refractivity contribution in [2.24, 2.45) is 0 Å². The maximum atomic E-state index is 13.0. The van der Waals surface area contributed by atoms with Crippen LogP contribution in [0.5, 0.6) is 0 Å². The number of carbonyl (C=O) groups excluding carboxylic acids is 1. The summed E-state index contributed by atoms with van der Waals surface area (Å²) in [4.78, 5) is 23.2. The first-order chi connectivity index (χ1) is 11.4. The molecule has 3 rings (SSSR count). The highest BCUT2D eigenvalue weighted by molar-refractivity contribution is 6.05. The molecule has 0 unspecified atom stereocenters. The Bertz CT molecular complexity index is 883. The minimum atomic E-state index is -4.62. The topological polar surface area (TPSA) is 79.8 Å². The number of carbonyl (C=O) groups is 1. The Morgan fingerprint density at radius 3 is 2.58 bits per heavy atom. The number of halogens is 3. The van der Waals surface area contributed by atoms with Crippen molar-refractivity contribution in [3.05, 3.63) is 54.6 Å². The van der Waals surface area contributed by atoms with Gasteiger partial charge in [-0.2, -0.15) is 13.2 Å². The van der Waals surface area contributed by atoms with E-state index in [1.807, 2.05) is 0 Å². The summed E-state index contributed by atoms with van der Waals surface area (Å²) in [5.74, 6) is 0.171. The molecule has 0 saturated heterocycles. The highest BCUT2D eigenvalue weighted by atomic mass is 19.4. The number of alkyl halides is 3. The second kappa shape index (κ2) is 6.11. The average molecular weight is 333 g/mol. The largest absolute Gasteiger partial charge is 0.433 e. The lowest BCUT2D eigenvalue weighted by Gasteiger charge is -2.13. The summed E-state index contributed by atoms with van der Waals surface area (Å²) < 4.78 is 38.9. The summed E-state index contributed by atoms with van der Waals surface area (Å²) in [5.41, 5.74) is -0.965. The fraction of sp³-hybridized carbons (Fsp3) is 0.0667. The Morgan fingerprint density at radius 2 is 1.88 bits per heavy atom. The first-order valence-corrected chi connectivity index (χ1v) is 6.74. The number of benzene rings is 1. The predicted molar refractivity (Wildman–Crippen MR) is 81.4 cm³/mol. The van der Waals surface area contributed by atoms with Crippen molar-refractivity contribution in [3.63, 3.8) is 0 Å². The van der Waals surface area contributed by atoms with E-state index in [1.165, 1.54) is 24.7 Å². The van der Waals surface area contributed by atoms with Gasteiger partial charge in [-0.1, -0.05) is 18.2 Å². The number of urea groups is 1. The molecule has 122 valence electrons. The van der Waals surface area contributed by atoms with Gasteiger partial charge in [0.2, 0.25) is 0 Å². The molecular weight excluding hydrogens is 323 g/mol. The van der Waals surface area contributed by atoms with Crippen LogP contribution in [0.4, 0.5) is 29.5 Å². The number of amides is 2. The van der Waals surface area contributed by atoms with Gasteiger partial charge in [0.05, 0.1) is 17.4 Å². The van der Waals surface area contributed by atoms with Gasteiger partial charge in [-0.05, 0) is 12.1 Å². The second-order valence-corrected chi connectivity index (χ2v) is 4.74. The van der Waals surface area contributed by atoms with Crippen molar-refractivity contribution in [3.8, 4) is 0 Å². The number of anilines is 2. The summed E-state index contributed by atoms with van der Waals surface area (Å²) in [7, 11) is 0. The molecule has 9 heteroatoms. The number of nitrogens with one attached hydrogen (secondary N) is 2. The normalized spacial score (nSPS) is 11.3. The quantitative estimate of drug-likeness (QED) is 0.749. The first-order valence-electron chi connectivity index (χ1n) is 6.74. The zero-order chi connectivity index (χ0) is 17.2. The third-order valence-corrected chi connectivity index (χ3v) is 3.06. The number of rotatable bonds is 2. The van der Waals surface area contributed by atoms with Crippen LogP contribution in [0.1, 0.15) is 5.69 Å². The molecule has 0 spiro atoms. The van der Waals surface area contributed by atoms with Gasteiger partial charge < -0.3 is 5.32 Å². The van der Waals surface area contributed by atoms with Crippen LogP contribution < -0.4 is 10.6 Å². The molecule has 0 radical (unpaired) electrons. The second-order valence-electron chi connectivity index (χ2n) is 4.74. The number of hydrogen-bond acceptors (Lipinski definition) is 4. The zero-order valence-electron chi connectivity index (χ0n) is 12.0. The molecule has 0 aliphatic carbocycles. The van der Waals surface area contributed by atoms with Crippen molar-refractivity contribution in [1.82, 2.24) is 15.0 Å². The number of fused-ring (bicyclic) bond motifs is 1. The molecule has 0 saturated carbocycles. The van der Waals surface area contributed by atoms with Gasteiger partial charge in [0.1, 0.15) is 5.69 Å². The van der Waals surface area contributed by atoms with Crippen LogP contribution in [0, 0.1) is 0 Å². The van der Waals surface area contributed by atoms with Crippen LogP contribution in [-0.2, 0) is 6.18 Å². The molecule has 2 N–H and O–H groups in total. The average Bonchev–Trinajstić information content (AvgIpc) is 2.54. The van der Waals surface area contributed by atoms with E-state index in [0.717, 1.165) is 6.07 Å². The molecule has 0 bridgehead atoms. The van der Waals surface area contributed by atoms with E-state index in [2.05, 4.69) is 25.6 Å². The highest BCUT2D eigenvalue weighted by Gasteiger charge is 2.33. The van der Waals surface area contributed by atoms with Crippen molar-refractivity contribution in [2.75, 3.05) is 10.6 Å². The van der Waals surface area contributed by atoms with E-state index in [0.29, 0.717) is 5.39 Å². The van der Waals surface area contributed by atoms with E-state index in [1.54, 1.807) is 18.2 Å². The molecule has 0 fully saturated rings. The van der Waals surface area contributed by atoms with Gasteiger partial charge >= 0.3 is 12.2 Å². The Morgan fingerprint density at radius 1 is 1.08 bits per heavy atom. The lowest BCUT2D eigenvalue weighted by molar-refractivity contribution is -0.140. The number of pyridine rings is 1. The third-order valence-electron chi connectivity index (χ3n) is 3.06. The maximum Gasteiger partial charge on any atom is 0.433 e. The number of nitrogens with zero attached hydrogens (tertiary/aromatic N) is 3. The van der Waals surface area contributed by atoms with Gasteiger partial charge in [0, 0.05) is 17.8 Å². The van der Waals surface area contributed by atoms with Crippen molar-refractivity contribution in [2.45, 2.75) is 6.18 Å². The fourth-order valence-corrected chi connectivity index (χ4v) is 2.06. The summed E-state index contributed by atoms with van der Waals surface area (Å²) in [6, 6.07) is 6.28. The number of aromatic nitrogens is 3. The summed E-state index contributed by atoms with van der Waals surface area (Å²) >= 11 is 0. The van der Waals surface area contributed by atoms with Crippen LogP contribution in [-0.4, -0.2) is 21.0 Å². The standard InChI is InChI=1S/C15H10F3N5O/c16-15(17,18)12-7-11(9-3-1-2-4-10(9)21-12)22-14(24)23-13-8-19-5-6-20-13/h1-8H,(H2,20,21,22,23,24). The lowest BCUT2D eigenvalue weighted by atomic mass is 10.1. The van der Waals surface area contributed by atoms with E-state index in [4.69, 9.17) is 0 Å². The van der Waals surface area contributed by atoms with Crippen LogP contribution in [0.2, 0.25) is 0 Å². The molecule has 1 aromatic carbocycles. The van der Waals surface area contributed by atoms with Crippen LogP contribution in [0.25, 0.3) is 10.9 Å². The Kier molecular flexibility index (Phi) is 3.98. The van der Waals surface area contributed by atoms with Gasteiger partial charge in [-0.3, -0.25) is 10.3 Å². The molecule has 2 heterocycles. The van der Waals surface area contributed by atoms with Crippen molar-refractivity contribution in [1.29, 1.82) is 0 Å². The Labute approximate surface area is 133 Å². The number of hydrogen-bond donors (Lipinski definition) is 2. The third kappa shape index (κ3) is 3.40. The van der Waals surface area contributed by atoms with E-state index in [9.17, 15) is 18.0 Å². The highest BCUT2D eigenvalue weighted by Crippen LogP contribution is 2.33. The molecule has 3 aromatic rings. The van der Waals surface area contributed by atoms with Gasteiger partial charge in [0.25, 0.3) is 0 Å². The SMILES string of the molecule is O=C(Nc1cnccn1)Nc1cc(C(F)(F)F)nc2ccccc12. The van der Waals surface area contributed by atoms with Crippen LogP contribution >= 0.6 is 0 Å². The molecule has 0 aliphatic heterocycles. The monoisotopic (exact) mass is 333 g/mol. The minimum absolute atomic E-state index is 0.00526. The van der Waals surface area contributed by atoms with E-state index < -0.39 is 17.9 Å². The van der Waals surface area contributed by atoms with Crippen molar-refractivity contribution >= 4 is 28.4 Å². The summed E-state index contributed by atoms with van der Waals surface area (Å²) in [6.07, 6.45) is -0.512. The molecular formula is C15H10F3N5O. The number of para-hydroxylation sites is 1. The Hall–Kier alpha value is -3.23. The minimum Gasteiger partial charge on any atom is -0.307 e. The molecule has 2 amide bonds. The van der Waals surface area contributed by atoms with Crippen LogP contribution in [0.15, 0.2) is 48.9 Å². The fourth-order valence-electron chi connectivity index (χ4n) is 2.06. The van der Waals surface area contributed by atoms with Gasteiger partial charge in [-0.15, -0.1) is 0 Å². The molecule has 0 aliphatic rings. The van der Waals surface area contributed by atoms with Crippen molar-refractivity contribution < 1.29 is 18.0 Å². The smallest absolute Gasteiger partial charge is 0.307 e. The molecule has 0 atom stereocenters. The predicted octanol–water partition coefficient (Wildman–Crippen LogP) is 3.69. The molecule has 24 heavy (non-hydrogen) atoms. The maximum absolute atomic E-state index is 13.0. The summed E-state index contributed by atoms with van der Waals surface area (Å²) in [5, 5.41) is 5.16. The molecule has 2 aromatic heterocycles. The van der Waals surface area contributed by atoms with E-state index in [-0.39, 0.29) is 17.0 Å². The van der Waals surface area contributed by atoms with Crippen LogP contribution in [0.3, 0.4) is 0 Å².